The Bertz CT molecular complexity index is 753. The van der Waals surface area contributed by atoms with Crippen molar-refractivity contribution >= 4 is 29.1 Å². The fraction of sp³-hybridized carbons (Fsp3) is 0.353. The fourth-order valence-electron chi connectivity index (χ4n) is 2.54. The lowest BCUT2D eigenvalue weighted by atomic mass is 10.1. The van der Waals surface area contributed by atoms with E-state index in [0.29, 0.717) is 13.1 Å². The number of hydrogen-bond acceptors (Lipinski definition) is 6. The number of hydrogen-bond donors (Lipinski definition) is 1. The van der Waals surface area contributed by atoms with Crippen LogP contribution in [0, 0.1) is 0 Å². The predicted octanol–water partition coefficient (Wildman–Crippen LogP) is 1.59. The molecule has 0 atom stereocenters. The molecule has 1 N–H and O–H groups in total. The van der Waals surface area contributed by atoms with E-state index in [1.54, 1.807) is 22.3 Å². The summed E-state index contributed by atoms with van der Waals surface area (Å²) in [5, 5.41) is 4.57. The molecule has 0 radical (unpaired) electrons. The van der Waals surface area contributed by atoms with Gasteiger partial charge in [-0.2, -0.15) is 0 Å². The molecule has 132 valence electrons. The van der Waals surface area contributed by atoms with Gasteiger partial charge in [-0.25, -0.2) is 0 Å². The molecular formula is C17H18N2O5S. The van der Waals surface area contributed by atoms with Crippen molar-refractivity contribution in [3.63, 3.8) is 0 Å². The number of esters is 1. The van der Waals surface area contributed by atoms with E-state index in [-0.39, 0.29) is 31.2 Å². The van der Waals surface area contributed by atoms with Crippen molar-refractivity contribution < 1.29 is 23.5 Å². The van der Waals surface area contributed by atoms with Crippen molar-refractivity contribution in [2.24, 2.45) is 0 Å². The number of ether oxygens (including phenoxy) is 1. The molecule has 2 aromatic rings. The maximum absolute atomic E-state index is 12.1. The van der Waals surface area contributed by atoms with E-state index < -0.39 is 11.9 Å². The summed E-state index contributed by atoms with van der Waals surface area (Å²) in [6.45, 7) is 1.05. The largest absolute Gasteiger partial charge is 0.459 e. The first-order valence-electron chi connectivity index (χ1n) is 7.94. The lowest BCUT2D eigenvalue weighted by Crippen LogP contribution is -2.38. The number of nitrogens with zero attached hydrogens (tertiary/aromatic N) is 1. The summed E-state index contributed by atoms with van der Waals surface area (Å²) in [7, 11) is 0. The number of furan rings is 1. The number of carbonyl (C=O) groups is 3. The van der Waals surface area contributed by atoms with Crippen molar-refractivity contribution in [3.05, 3.63) is 46.0 Å². The normalized spacial score (nSPS) is 13.2. The minimum atomic E-state index is -0.527. The van der Waals surface area contributed by atoms with Crippen molar-refractivity contribution in [1.29, 1.82) is 0 Å². The van der Waals surface area contributed by atoms with Crippen LogP contribution in [0.1, 0.15) is 27.4 Å². The Labute approximate surface area is 148 Å². The van der Waals surface area contributed by atoms with Crippen LogP contribution >= 0.6 is 11.3 Å². The first kappa shape index (κ1) is 17.2. The highest BCUT2D eigenvalue weighted by Crippen LogP contribution is 2.23. The maximum atomic E-state index is 12.1. The van der Waals surface area contributed by atoms with E-state index in [9.17, 15) is 14.4 Å². The molecule has 0 aliphatic carbocycles. The lowest BCUT2D eigenvalue weighted by molar-refractivity contribution is -0.152. The average molecular weight is 362 g/mol. The zero-order chi connectivity index (χ0) is 17.6. The summed E-state index contributed by atoms with van der Waals surface area (Å²) < 4.78 is 9.94. The third-order valence-corrected chi connectivity index (χ3v) is 4.90. The minimum Gasteiger partial charge on any atom is -0.459 e. The molecule has 1 aliphatic rings. The van der Waals surface area contributed by atoms with Gasteiger partial charge >= 0.3 is 5.97 Å². The Morgan fingerprint density at radius 3 is 3.00 bits per heavy atom. The van der Waals surface area contributed by atoms with E-state index in [1.165, 1.54) is 17.2 Å². The van der Waals surface area contributed by atoms with E-state index in [4.69, 9.17) is 9.15 Å². The van der Waals surface area contributed by atoms with Gasteiger partial charge < -0.3 is 19.4 Å². The van der Waals surface area contributed by atoms with Gasteiger partial charge in [0.2, 0.25) is 0 Å². The quantitative estimate of drug-likeness (QED) is 0.789. The number of rotatable bonds is 6. The van der Waals surface area contributed by atoms with Crippen molar-refractivity contribution in [2.75, 3.05) is 19.7 Å². The summed E-state index contributed by atoms with van der Waals surface area (Å²) >= 11 is 1.70. The Morgan fingerprint density at radius 2 is 2.20 bits per heavy atom. The molecule has 0 saturated heterocycles. The molecule has 8 heteroatoms. The molecule has 0 fully saturated rings. The number of fused-ring (bicyclic) bond motifs is 1. The molecule has 3 heterocycles. The highest BCUT2D eigenvalue weighted by Gasteiger charge is 2.22. The Balaban J connectivity index is 1.35. The third-order valence-electron chi connectivity index (χ3n) is 3.88. The highest BCUT2D eigenvalue weighted by atomic mass is 32.1. The second-order valence-corrected chi connectivity index (χ2v) is 6.58. The Kier molecular flexibility index (Phi) is 5.49. The summed E-state index contributed by atoms with van der Waals surface area (Å²) in [4.78, 5) is 38.5. The molecule has 0 saturated carbocycles. The number of nitrogens with one attached hydrogen (secondary N) is 1. The summed E-state index contributed by atoms with van der Waals surface area (Å²) in [5.41, 5.74) is 1.16. The van der Waals surface area contributed by atoms with Gasteiger partial charge in [0.15, 0.2) is 12.4 Å². The first-order chi connectivity index (χ1) is 12.1. The van der Waals surface area contributed by atoms with E-state index in [2.05, 4.69) is 5.32 Å². The fourth-order valence-corrected chi connectivity index (χ4v) is 3.43. The number of thiophene rings is 1. The Morgan fingerprint density at radius 1 is 1.32 bits per heavy atom. The monoisotopic (exact) mass is 362 g/mol. The van der Waals surface area contributed by atoms with Gasteiger partial charge in [0.1, 0.15) is 0 Å². The molecule has 0 aromatic carbocycles. The second kappa shape index (κ2) is 7.98. The van der Waals surface area contributed by atoms with Crippen molar-refractivity contribution in [2.45, 2.75) is 19.4 Å². The lowest BCUT2D eigenvalue weighted by Gasteiger charge is -2.26. The van der Waals surface area contributed by atoms with Crippen LogP contribution in [-0.2, 0) is 27.3 Å². The van der Waals surface area contributed by atoms with E-state index in [0.717, 1.165) is 12.0 Å². The van der Waals surface area contributed by atoms with Crippen LogP contribution < -0.4 is 5.32 Å². The van der Waals surface area contributed by atoms with Gasteiger partial charge in [0.05, 0.1) is 12.7 Å². The van der Waals surface area contributed by atoms with Crippen LogP contribution in [0.2, 0.25) is 0 Å². The van der Waals surface area contributed by atoms with Crippen molar-refractivity contribution in [3.8, 4) is 0 Å². The molecule has 25 heavy (non-hydrogen) atoms. The Hall–Kier alpha value is -2.61. The zero-order valence-electron chi connectivity index (χ0n) is 13.5. The van der Waals surface area contributed by atoms with Gasteiger partial charge in [-0.1, -0.05) is 0 Å². The second-order valence-electron chi connectivity index (χ2n) is 5.58. The smallest absolute Gasteiger partial charge is 0.308 e. The minimum absolute atomic E-state index is 0.00555. The molecular weight excluding hydrogens is 344 g/mol. The van der Waals surface area contributed by atoms with Crippen LogP contribution in [0.15, 0.2) is 34.3 Å². The summed E-state index contributed by atoms with van der Waals surface area (Å²) in [6.07, 6.45) is 2.23. The number of carbonyl (C=O) groups excluding carboxylic acids is 3. The SMILES string of the molecule is O=C(CCNC(=O)c1ccco1)OCC(=O)N1CCc2sccc2C1. The van der Waals surface area contributed by atoms with Gasteiger partial charge in [0, 0.05) is 24.5 Å². The molecule has 1 aliphatic heterocycles. The van der Waals surface area contributed by atoms with Gasteiger partial charge in [0.25, 0.3) is 11.8 Å². The van der Waals surface area contributed by atoms with Crippen LogP contribution in [0.3, 0.4) is 0 Å². The maximum Gasteiger partial charge on any atom is 0.308 e. The van der Waals surface area contributed by atoms with Gasteiger partial charge in [-0.15, -0.1) is 11.3 Å². The van der Waals surface area contributed by atoms with Crippen LogP contribution in [-0.4, -0.2) is 42.4 Å². The van der Waals surface area contributed by atoms with Crippen LogP contribution in [0.5, 0.6) is 0 Å². The predicted molar refractivity (Wildman–Crippen MR) is 90.1 cm³/mol. The first-order valence-corrected chi connectivity index (χ1v) is 8.82. The molecule has 0 spiro atoms. The summed E-state index contributed by atoms with van der Waals surface area (Å²) in [5.74, 6) is -0.943. The third kappa shape index (κ3) is 4.48. The molecule has 2 aromatic heterocycles. The standard InChI is InChI=1S/C17H18N2O5S/c20-15(19-7-4-14-12(10-19)5-9-25-14)11-24-16(21)3-6-18-17(22)13-2-1-8-23-13/h1-2,5,8-9H,3-4,6-7,10-11H2,(H,18,22). The number of amides is 2. The van der Waals surface area contributed by atoms with E-state index >= 15 is 0 Å². The average Bonchev–Trinajstić information content (AvgIpc) is 3.30. The topological polar surface area (TPSA) is 88.9 Å². The van der Waals surface area contributed by atoms with Gasteiger partial charge in [-0.3, -0.25) is 14.4 Å². The van der Waals surface area contributed by atoms with Crippen LogP contribution in [0.25, 0.3) is 0 Å². The molecule has 3 rings (SSSR count). The molecule has 0 bridgehead atoms. The van der Waals surface area contributed by atoms with Crippen molar-refractivity contribution in [1.82, 2.24) is 10.2 Å². The van der Waals surface area contributed by atoms with Gasteiger partial charge in [-0.05, 0) is 35.6 Å². The zero-order valence-corrected chi connectivity index (χ0v) is 14.3. The molecule has 7 nitrogen and oxygen atoms in total. The van der Waals surface area contributed by atoms with Crippen LogP contribution in [0.4, 0.5) is 0 Å². The summed E-state index contributed by atoms with van der Waals surface area (Å²) in [6, 6.07) is 5.16. The van der Waals surface area contributed by atoms with E-state index in [1.807, 2.05) is 11.4 Å². The molecule has 2 amide bonds. The molecule has 0 unspecified atom stereocenters. The highest BCUT2D eigenvalue weighted by molar-refractivity contribution is 7.10.